The van der Waals surface area contributed by atoms with Crippen molar-refractivity contribution in [1.82, 2.24) is 4.90 Å². The maximum atomic E-state index is 12.2. The van der Waals surface area contributed by atoms with Crippen molar-refractivity contribution < 1.29 is 9.53 Å². The van der Waals surface area contributed by atoms with Gasteiger partial charge in [-0.05, 0) is 38.1 Å². The summed E-state index contributed by atoms with van der Waals surface area (Å²) in [4.78, 5) is 15.0. The molecule has 1 aromatic carbocycles. The van der Waals surface area contributed by atoms with Crippen molar-refractivity contribution >= 4 is 63.0 Å². The van der Waals surface area contributed by atoms with Gasteiger partial charge in [0.05, 0.1) is 10.0 Å². The van der Waals surface area contributed by atoms with Gasteiger partial charge in [-0.1, -0.05) is 35.7 Å². The molecule has 0 N–H and O–H groups in total. The number of esters is 1. The van der Waals surface area contributed by atoms with Crippen LogP contribution in [0.1, 0.15) is 28.9 Å². The van der Waals surface area contributed by atoms with Gasteiger partial charge >= 0.3 is 5.97 Å². The van der Waals surface area contributed by atoms with Crippen LogP contribution >= 0.6 is 46.9 Å². The highest BCUT2D eigenvalue weighted by molar-refractivity contribution is 7.21. The zero-order valence-corrected chi connectivity index (χ0v) is 15.7. The number of ether oxygens (including phenoxy) is 1. The van der Waals surface area contributed by atoms with Crippen molar-refractivity contribution in [2.75, 3.05) is 26.2 Å². The molecule has 0 unspecified atom stereocenters. The summed E-state index contributed by atoms with van der Waals surface area (Å²) in [5.41, 5.74) is 0. The van der Waals surface area contributed by atoms with E-state index in [1.165, 1.54) is 30.6 Å². The van der Waals surface area contributed by atoms with Gasteiger partial charge in [0.1, 0.15) is 11.5 Å². The van der Waals surface area contributed by atoms with Crippen LogP contribution in [0.2, 0.25) is 10.0 Å². The Labute approximate surface area is 155 Å². The lowest BCUT2D eigenvalue weighted by atomic mass is 10.1. The zero-order valence-electron chi connectivity index (χ0n) is 12.5. The second-order valence-corrected chi connectivity index (χ2v) is 7.23. The number of likely N-dealkylation sites (tertiary alicyclic amines) is 1. The predicted molar refractivity (Wildman–Crippen MR) is 99.7 cm³/mol. The van der Waals surface area contributed by atoms with E-state index in [1.807, 2.05) is 12.1 Å². The second-order valence-electron chi connectivity index (χ2n) is 5.40. The van der Waals surface area contributed by atoms with Crippen molar-refractivity contribution in [3.05, 3.63) is 33.1 Å². The van der Waals surface area contributed by atoms with E-state index in [9.17, 15) is 4.79 Å². The summed E-state index contributed by atoms with van der Waals surface area (Å²) in [5, 5.41) is 1.69. The van der Waals surface area contributed by atoms with Crippen LogP contribution in [0.5, 0.6) is 0 Å². The molecule has 0 amide bonds. The minimum atomic E-state index is -0.362. The topological polar surface area (TPSA) is 29.5 Å². The van der Waals surface area contributed by atoms with E-state index >= 15 is 0 Å². The van der Waals surface area contributed by atoms with Crippen LogP contribution in [0.15, 0.2) is 18.2 Å². The number of thiophene rings is 1. The number of fused-ring (bicyclic) bond motifs is 1. The molecule has 3 nitrogen and oxygen atoms in total. The van der Waals surface area contributed by atoms with Crippen LogP contribution in [0.25, 0.3) is 10.1 Å². The second kappa shape index (κ2) is 8.54. The predicted octanol–water partition coefficient (Wildman–Crippen LogP) is 5.27. The van der Waals surface area contributed by atoms with E-state index in [-0.39, 0.29) is 18.4 Å². The van der Waals surface area contributed by atoms with Crippen LogP contribution in [-0.2, 0) is 4.74 Å². The minimum absolute atomic E-state index is 0. The molecular weight excluding hydrogens is 377 g/mol. The van der Waals surface area contributed by atoms with Gasteiger partial charge in [0, 0.05) is 16.6 Å². The number of piperidine rings is 1. The van der Waals surface area contributed by atoms with Crippen molar-refractivity contribution in [1.29, 1.82) is 0 Å². The van der Waals surface area contributed by atoms with Gasteiger partial charge in [-0.15, -0.1) is 23.7 Å². The number of carbonyl (C=O) groups excluding carboxylic acids is 1. The number of hydrogen-bond donors (Lipinski definition) is 0. The van der Waals surface area contributed by atoms with Crippen molar-refractivity contribution in [2.45, 2.75) is 19.3 Å². The van der Waals surface area contributed by atoms with Gasteiger partial charge in [-0.2, -0.15) is 0 Å². The lowest BCUT2D eigenvalue weighted by molar-refractivity contribution is 0.0458. The SMILES string of the molecule is Cl.O=C(OCCN1CCCCC1)c1sc2cccc(Cl)c2c1Cl. The fraction of sp³-hybridized carbons (Fsp3) is 0.438. The Kier molecular flexibility index (Phi) is 6.99. The molecule has 0 aliphatic carbocycles. The molecule has 1 fully saturated rings. The lowest BCUT2D eigenvalue weighted by Gasteiger charge is -2.25. The first-order valence-electron chi connectivity index (χ1n) is 7.43. The Balaban J connectivity index is 0.00000192. The largest absolute Gasteiger partial charge is 0.460 e. The third-order valence-corrected chi connectivity index (χ3v) is 5.82. The van der Waals surface area contributed by atoms with Gasteiger partial charge in [0.15, 0.2) is 0 Å². The molecule has 0 atom stereocenters. The first-order valence-corrected chi connectivity index (χ1v) is 9.00. The Morgan fingerprint density at radius 3 is 2.65 bits per heavy atom. The Morgan fingerprint density at radius 2 is 1.96 bits per heavy atom. The molecule has 1 aliphatic heterocycles. The number of halogens is 3. The minimum Gasteiger partial charge on any atom is -0.460 e. The van der Waals surface area contributed by atoms with E-state index in [2.05, 4.69) is 4.90 Å². The summed E-state index contributed by atoms with van der Waals surface area (Å²) in [6, 6.07) is 5.53. The highest BCUT2D eigenvalue weighted by Crippen LogP contribution is 2.39. The third kappa shape index (κ3) is 4.31. The molecule has 2 aromatic rings. The highest BCUT2D eigenvalue weighted by atomic mass is 35.5. The van der Waals surface area contributed by atoms with E-state index in [1.54, 1.807) is 6.07 Å². The summed E-state index contributed by atoms with van der Waals surface area (Å²) >= 11 is 13.8. The third-order valence-electron chi connectivity index (χ3n) is 3.88. The fourth-order valence-electron chi connectivity index (χ4n) is 2.72. The van der Waals surface area contributed by atoms with Crippen LogP contribution in [-0.4, -0.2) is 37.1 Å². The Morgan fingerprint density at radius 1 is 1.22 bits per heavy atom. The first-order chi connectivity index (χ1) is 10.7. The van der Waals surface area contributed by atoms with Gasteiger partial charge in [0.2, 0.25) is 0 Å². The smallest absolute Gasteiger partial charge is 0.349 e. The maximum Gasteiger partial charge on any atom is 0.349 e. The van der Waals surface area contributed by atoms with E-state index in [0.29, 0.717) is 21.5 Å². The number of rotatable bonds is 4. The zero-order chi connectivity index (χ0) is 15.5. The van der Waals surface area contributed by atoms with Crippen LogP contribution in [0.3, 0.4) is 0 Å². The number of hydrogen-bond acceptors (Lipinski definition) is 4. The van der Waals surface area contributed by atoms with Gasteiger partial charge in [-0.3, -0.25) is 4.90 Å². The Bertz CT molecular complexity index is 683. The van der Waals surface area contributed by atoms with Crippen molar-refractivity contribution in [3.8, 4) is 0 Å². The molecule has 1 saturated heterocycles. The van der Waals surface area contributed by atoms with Gasteiger partial charge in [0.25, 0.3) is 0 Å². The summed E-state index contributed by atoms with van der Waals surface area (Å²) < 4.78 is 6.29. The normalized spacial score (nSPS) is 15.4. The average Bonchev–Trinajstić information content (AvgIpc) is 2.87. The molecule has 0 radical (unpaired) electrons. The number of nitrogens with zero attached hydrogens (tertiary/aromatic N) is 1. The van der Waals surface area contributed by atoms with Crippen molar-refractivity contribution in [2.24, 2.45) is 0 Å². The molecular formula is C16H18Cl3NO2S. The quantitative estimate of drug-likeness (QED) is 0.661. The molecule has 126 valence electrons. The van der Waals surface area contributed by atoms with E-state index in [4.69, 9.17) is 27.9 Å². The van der Waals surface area contributed by atoms with Crippen LogP contribution in [0, 0.1) is 0 Å². The summed E-state index contributed by atoms with van der Waals surface area (Å²) in [6.45, 7) is 3.37. The molecule has 1 aliphatic rings. The molecule has 1 aromatic heterocycles. The lowest BCUT2D eigenvalue weighted by Crippen LogP contribution is -2.33. The molecule has 0 saturated carbocycles. The number of carbonyl (C=O) groups is 1. The standard InChI is InChI=1S/C16H17Cl2NO2S.ClH/c17-11-5-4-6-12-13(11)14(18)15(22-12)16(20)21-10-9-19-7-2-1-3-8-19;/h4-6H,1-3,7-10H2;1H. The maximum absolute atomic E-state index is 12.2. The fourth-order valence-corrected chi connectivity index (χ4v) is 4.56. The van der Waals surface area contributed by atoms with Crippen LogP contribution in [0.4, 0.5) is 0 Å². The summed E-state index contributed by atoms with van der Waals surface area (Å²) in [7, 11) is 0. The number of benzene rings is 1. The summed E-state index contributed by atoms with van der Waals surface area (Å²) in [6.07, 6.45) is 3.76. The molecule has 0 bridgehead atoms. The molecule has 23 heavy (non-hydrogen) atoms. The molecule has 3 rings (SSSR count). The van der Waals surface area contributed by atoms with E-state index < -0.39 is 0 Å². The molecule has 2 heterocycles. The van der Waals surface area contributed by atoms with E-state index in [0.717, 1.165) is 29.7 Å². The van der Waals surface area contributed by atoms with Crippen molar-refractivity contribution in [3.63, 3.8) is 0 Å². The molecule has 0 spiro atoms. The Hall–Kier alpha value is -0.520. The summed E-state index contributed by atoms with van der Waals surface area (Å²) in [5.74, 6) is -0.362. The van der Waals surface area contributed by atoms with Gasteiger partial charge in [-0.25, -0.2) is 4.79 Å². The van der Waals surface area contributed by atoms with Crippen LogP contribution < -0.4 is 0 Å². The first kappa shape index (κ1) is 18.8. The molecule has 7 heteroatoms. The monoisotopic (exact) mass is 393 g/mol. The average molecular weight is 395 g/mol. The van der Waals surface area contributed by atoms with Gasteiger partial charge < -0.3 is 4.74 Å². The highest BCUT2D eigenvalue weighted by Gasteiger charge is 2.20.